The van der Waals surface area contributed by atoms with Gasteiger partial charge in [-0.1, -0.05) is 0 Å². The summed E-state index contributed by atoms with van der Waals surface area (Å²) in [6, 6.07) is 0. The Morgan fingerprint density at radius 1 is 1.65 bits per heavy atom. The maximum Gasteiger partial charge on any atom is 0.340 e. The van der Waals surface area contributed by atoms with E-state index in [-0.39, 0.29) is 17.1 Å². The molecule has 1 unspecified atom stereocenters. The molecule has 2 heterocycles. The van der Waals surface area contributed by atoms with Crippen LogP contribution in [-0.4, -0.2) is 40.8 Å². The van der Waals surface area contributed by atoms with E-state index in [0.29, 0.717) is 11.0 Å². The molecular formula is C9H11BrN2O4S. The van der Waals surface area contributed by atoms with Gasteiger partial charge in [0.05, 0.1) is 23.2 Å². The minimum atomic E-state index is -3.06. The smallest absolute Gasteiger partial charge is 0.340 e. The first-order valence-electron chi connectivity index (χ1n) is 4.93. The van der Waals surface area contributed by atoms with E-state index in [1.165, 1.54) is 10.9 Å². The maximum atomic E-state index is 11.5. The van der Waals surface area contributed by atoms with E-state index >= 15 is 0 Å². The Hall–Kier alpha value is -0.890. The summed E-state index contributed by atoms with van der Waals surface area (Å²) in [5.41, 5.74) is -0.638. The molecule has 1 fully saturated rings. The standard InChI is InChI=1S/C9H11BrN2O4S/c1-9(2-3-17(15,16)5-9)12-7(10)6(4-11-12)8(13)14/h4H,2-3,5H2,1H3,(H,13,14). The second-order valence-electron chi connectivity index (χ2n) is 4.40. The van der Waals surface area contributed by atoms with Crippen molar-refractivity contribution in [2.45, 2.75) is 18.9 Å². The molecule has 1 aromatic heterocycles. The highest BCUT2D eigenvalue weighted by Crippen LogP contribution is 2.33. The molecule has 1 N–H and O–H groups in total. The third-order valence-electron chi connectivity index (χ3n) is 2.93. The van der Waals surface area contributed by atoms with Gasteiger partial charge in [0.15, 0.2) is 9.84 Å². The zero-order valence-electron chi connectivity index (χ0n) is 9.05. The van der Waals surface area contributed by atoms with E-state index in [2.05, 4.69) is 21.0 Å². The van der Waals surface area contributed by atoms with Crippen molar-refractivity contribution in [2.24, 2.45) is 0 Å². The van der Waals surface area contributed by atoms with E-state index in [4.69, 9.17) is 5.11 Å². The lowest BCUT2D eigenvalue weighted by Gasteiger charge is -2.23. The van der Waals surface area contributed by atoms with Gasteiger partial charge in [0, 0.05) is 0 Å². The van der Waals surface area contributed by atoms with E-state index in [1.54, 1.807) is 6.92 Å². The van der Waals surface area contributed by atoms with Crippen molar-refractivity contribution in [1.82, 2.24) is 9.78 Å². The lowest BCUT2D eigenvalue weighted by molar-refractivity contribution is 0.0695. The molecule has 0 aliphatic carbocycles. The quantitative estimate of drug-likeness (QED) is 0.872. The molecule has 1 aliphatic rings. The Morgan fingerprint density at radius 2 is 2.29 bits per heavy atom. The van der Waals surface area contributed by atoms with Gasteiger partial charge in [0.2, 0.25) is 0 Å². The predicted molar refractivity (Wildman–Crippen MR) is 63.8 cm³/mol. The van der Waals surface area contributed by atoms with Crippen molar-refractivity contribution >= 4 is 31.7 Å². The van der Waals surface area contributed by atoms with Gasteiger partial charge in [-0.2, -0.15) is 5.10 Å². The molecule has 0 radical (unpaired) electrons. The summed E-state index contributed by atoms with van der Waals surface area (Å²) >= 11 is 3.16. The van der Waals surface area contributed by atoms with Crippen LogP contribution in [0.25, 0.3) is 0 Å². The highest BCUT2D eigenvalue weighted by Gasteiger charge is 2.42. The van der Waals surface area contributed by atoms with Crippen LogP contribution in [-0.2, 0) is 15.4 Å². The number of aromatic nitrogens is 2. The molecular weight excluding hydrogens is 312 g/mol. The van der Waals surface area contributed by atoms with Gasteiger partial charge in [-0.05, 0) is 29.3 Å². The van der Waals surface area contributed by atoms with Crippen LogP contribution < -0.4 is 0 Å². The third kappa shape index (κ3) is 2.11. The second-order valence-corrected chi connectivity index (χ2v) is 7.34. The molecule has 0 saturated carbocycles. The molecule has 17 heavy (non-hydrogen) atoms. The fourth-order valence-electron chi connectivity index (χ4n) is 2.01. The summed E-state index contributed by atoms with van der Waals surface area (Å²) < 4.78 is 24.8. The van der Waals surface area contributed by atoms with Crippen LogP contribution in [0.4, 0.5) is 0 Å². The maximum absolute atomic E-state index is 11.5. The monoisotopic (exact) mass is 322 g/mol. The van der Waals surface area contributed by atoms with Crippen LogP contribution in [0.1, 0.15) is 23.7 Å². The number of nitrogens with zero attached hydrogens (tertiary/aromatic N) is 2. The van der Waals surface area contributed by atoms with E-state index < -0.39 is 21.3 Å². The van der Waals surface area contributed by atoms with Gasteiger partial charge in [0.25, 0.3) is 0 Å². The number of sulfone groups is 1. The molecule has 1 atom stereocenters. The molecule has 94 valence electrons. The van der Waals surface area contributed by atoms with Crippen molar-refractivity contribution < 1.29 is 18.3 Å². The van der Waals surface area contributed by atoms with Gasteiger partial charge in [-0.3, -0.25) is 4.68 Å². The van der Waals surface area contributed by atoms with Gasteiger partial charge in [-0.15, -0.1) is 0 Å². The molecule has 1 aliphatic heterocycles. The number of halogens is 1. The molecule has 0 bridgehead atoms. The molecule has 1 aromatic rings. The van der Waals surface area contributed by atoms with Gasteiger partial charge in [-0.25, -0.2) is 13.2 Å². The average Bonchev–Trinajstić information content (AvgIpc) is 2.68. The van der Waals surface area contributed by atoms with Crippen molar-refractivity contribution in [2.75, 3.05) is 11.5 Å². The summed E-state index contributed by atoms with van der Waals surface area (Å²) in [5.74, 6) is -0.995. The summed E-state index contributed by atoms with van der Waals surface area (Å²) in [6.07, 6.45) is 1.66. The van der Waals surface area contributed by atoms with Crippen LogP contribution in [0.2, 0.25) is 0 Å². The second kappa shape index (κ2) is 3.81. The summed E-state index contributed by atoms with van der Waals surface area (Å²) in [5, 5.41) is 12.9. The predicted octanol–water partition coefficient (Wildman–Crippen LogP) is 0.878. The topological polar surface area (TPSA) is 89.3 Å². The van der Waals surface area contributed by atoms with Gasteiger partial charge >= 0.3 is 5.97 Å². The lowest BCUT2D eigenvalue weighted by Crippen LogP contribution is -2.32. The van der Waals surface area contributed by atoms with Crippen molar-refractivity contribution in [3.05, 3.63) is 16.4 Å². The summed E-state index contributed by atoms with van der Waals surface area (Å²) in [6.45, 7) is 1.76. The number of aromatic carboxylic acids is 1. The number of hydrogen-bond acceptors (Lipinski definition) is 4. The van der Waals surface area contributed by atoms with Crippen LogP contribution in [0.15, 0.2) is 10.8 Å². The lowest BCUT2D eigenvalue weighted by atomic mass is 10.0. The number of hydrogen-bond donors (Lipinski definition) is 1. The molecule has 2 rings (SSSR count). The van der Waals surface area contributed by atoms with E-state index in [0.717, 1.165) is 0 Å². The molecule has 0 amide bonds. The Kier molecular flexibility index (Phi) is 2.81. The first kappa shape index (κ1) is 12.6. The van der Waals surface area contributed by atoms with Crippen molar-refractivity contribution in [3.63, 3.8) is 0 Å². The molecule has 0 aromatic carbocycles. The third-order valence-corrected chi connectivity index (χ3v) is 5.59. The normalized spacial score (nSPS) is 27.2. The van der Waals surface area contributed by atoms with Crippen LogP contribution in [0.3, 0.4) is 0 Å². The van der Waals surface area contributed by atoms with Crippen LogP contribution >= 0.6 is 15.9 Å². The minimum absolute atomic E-state index is 0.0145. The first-order valence-corrected chi connectivity index (χ1v) is 7.54. The Labute approximate surface area is 107 Å². The summed E-state index contributed by atoms with van der Waals surface area (Å²) in [7, 11) is -3.06. The zero-order valence-corrected chi connectivity index (χ0v) is 11.5. The Morgan fingerprint density at radius 3 is 2.71 bits per heavy atom. The van der Waals surface area contributed by atoms with E-state index in [9.17, 15) is 13.2 Å². The fraction of sp³-hybridized carbons (Fsp3) is 0.556. The first-order chi connectivity index (χ1) is 7.75. The van der Waals surface area contributed by atoms with Crippen LogP contribution in [0, 0.1) is 0 Å². The molecule has 1 saturated heterocycles. The SMILES string of the molecule is CC1(n2ncc(C(=O)O)c2Br)CCS(=O)(=O)C1. The number of carboxylic acids is 1. The van der Waals surface area contributed by atoms with Gasteiger partial charge in [0.1, 0.15) is 10.2 Å². The highest BCUT2D eigenvalue weighted by atomic mass is 79.9. The Bertz CT molecular complexity index is 580. The zero-order chi connectivity index (χ0) is 12.8. The van der Waals surface area contributed by atoms with E-state index in [1.807, 2.05) is 0 Å². The van der Waals surface area contributed by atoms with Crippen molar-refractivity contribution in [3.8, 4) is 0 Å². The number of carbonyl (C=O) groups is 1. The molecule has 0 spiro atoms. The molecule has 6 nitrogen and oxygen atoms in total. The minimum Gasteiger partial charge on any atom is -0.478 e. The number of carboxylic acid groups (broad SMARTS) is 1. The van der Waals surface area contributed by atoms with Crippen molar-refractivity contribution in [1.29, 1.82) is 0 Å². The largest absolute Gasteiger partial charge is 0.478 e. The fourth-order valence-corrected chi connectivity index (χ4v) is 4.91. The van der Waals surface area contributed by atoms with Gasteiger partial charge < -0.3 is 5.11 Å². The van der Waals surface area contributed by atoms with Crippen LogP contribution in [0.5, 0.6) is 0 Å². The Balaban J connectivity index is 2.45. The number of rotatable bonds is 2. The highest BCUT2D eigenvalue weighted by molar-refractivity contribution is 9.10. The average molecular weight is 323 g/mol. The summed E-state index contributed by atoms with van der Waals surface area (Å²) in [4.78, 5) is 10.9. The molecule has 8 heteroatoms.